The second kappa shape index (κ2) is 6.41. The van der Waals surface area contributed by atoms with Gasteiger partial charge in [0, 0.05) is 5.69 Å². The first-order chi connectivity index (χ1) is 11.4. The van der Waals surface area contributed by atoms with E-state index >= 15 is 0 Å². The third-order valence-corrected chi connectivity index (χ3v) is 4.28. The number of anilines is 1. The van der Waals surface area contributed by atoms with Gasteiger partial charge in [-0.05, 0) is 26.0 Å². The fourth-order valence-electron chi connectivity index (χ4n) is 2.59. The molecule has 7 nitrogen and oxygen atoms in total. The molecule has 0 aliphatic carbocycles. The maximum atomic E-state index is 12.2. The number of carbonyl (C=O) groups is 2. The van der Waals surface area contributed by atoms with Crippen LogP contribution in [0.25, 0.3) is 0 Å². The Hall–Kier alpha value is -2.12. The Morgan fingerprint density at radius 2 is 1.62 bits per heavy atom. The number of urea groups is 1. The molecule has 3 fully saturated rings. The molecule has 1 aromatic carbocycles. The van der Waals surface area contributed by atoms with Crippen molar-refractivity contribution in [2.24, 2.45) is 0 Å². The monoisotopic (exact) mass is 333 g/mol. The maximum Gasteiger partial charge on any atom is 0.327 e. The number of hydrogen-bond donors (Lipinski definition) is 1. The highest BCUT2D eigenvalue weighted by molar-refractivity contribution is 6.06. The largest absolute Gasteiger partial charge is 0.399 e. The molecule has 4 rings (SSSR count). The summed E-state index contributed by atoms with van der Waals surface area (Å²) in [5, 5.41) is 0. The SMILES string of the molecule is CC1(C)C(=O)N(CC2CO2)C(=O)N1CC1CO1.Nc1ccccc1. The number of nitrogens with zero attached hydrogens (tertiary/aromatic N) is 2. The molecule has 0 aromatic heterocycles. The van der Waals surface area contributed by atoms with E-state index in [1.54, 1.807) is 18.7 Å². The summed E-state index contributed by atoms with van der Waals surface area (Å²) in [5.41, 5.74) is 5.41. The van der Waals surface area contributed by atoms with Crippen LogP contribution in [0.1, 0.15) is 13.8 Å². The maximum absolute atomic E-state index is 12.2. The van der Waals surface area contributed by atoms with Crippen LogP contribution in [0, 0.1) is 0 Å². The molecule has 3 aliphatic heterocycles. The normalized spacial score (nSPS) is 26.9. The van der Waals surface area contributed by atoms with Crippen LogP contribution in [0.2, 0.25) is 0 Å². The van der Waals surface area contributed by atoms with E-state index in [9.17, 15) is 9.59 Å². The zero-order valence-electron chi connectivity index (χ0n) is 14.0. The number of epoxide rings is 2. The summed E-state index contributed by atoms with van der Waals surface area (Å²) in [6.07, 6.45) is 0.138. The first-order valence-corrected chi connectivity index (χ1v) is 8.07. The van der Waals surface area contributed by atoms with Gasteiger partial charge >= 0.3 is 6.03 Å². The van der Waals surface area contributed by atoms with Gasteiger partial charge in [-0.2, -0.15) is 0 Å². The fourth-order valence-corrected chi connectivity index (χ4v) is 2.59. The van der Waals surface area contributed by atoms with Crippen molar-refractivity contribution in [3.05, 3.63) is 30.3 Å². The third-order valence-electron chi connectivity index (χ3n) is 4.28. The zero-order valence-corrected chi connectivity index (χ0v) is 14.0. The molecule has 2 N–H and O–H groups in total. The molecular weight excluding hydrogens is 310 g/mol. The Morgan fingerprint density at radius 1 is 1.08 bits per heavy atom. The number of nitrogen functional groups attached to an aromatic ring is 1. The van der Waals surface area contributed by atoms with Crippen molar-refractivity contribution < 1.29 is 19.1 Å². The van der Waals surface area contributed by atoms with Gasteiger partial charge in [0.1, 0.15) is 5.54 Å². The molecule has 24 heavy (non-hydrogen) atoms. The lowest BCUT2D eigenvalue weighted by Crippen LogP contribution is -2.45. The molecule has 0 saturated carbocycles. The number of imide groups is 1. The summed E-state index contributed by atoms with van der Waals surface area (Å²) in [5.74, 6) is -0.140. The van der Waals surface area contributed by atoms with Crippen LogP contribution in [-0.2, 0) is 14.3 Å². The van der Waals surface area contributed by atoms with Crippen LogP contribution >= 0.6 is 0 Å². The van der Waals surface area contributed by atoms with Crippen molar-refractivity contribution in [1.29, 1.82) is 0 Å². The summed E-state index contributed by atoms with van der Waals surface area (Å²) >= 11 is 0. The van der Waals surface area contributed by atoms with E-state index in [2.05, 4.69) is 0 Å². The van der Waals surface area contributed by atoms with E-state index in [0.29, 0.717) is 26.3 Å². The number of carbonyl (C=O) groups excluding carboxylic acids is 2. The molecular formula is C17H23N3O4. The Morgan fingerprint density at radius 3 is 2.08 bits per heavy atom. The Labute approximate surface area is 141 Å². The van der Waals surface area contributed by atoms with Crippen molar-refractivity contribution >= 4 is 17.6 Å². The van der Waals surface area contributed by atoms with Crippen LogP contribution in [0.15, 0.2) is 30.3 Å². The minimum absolute atomic E-state index is 0.0378. The summed E-state index contributed by atoms with van der Waals surface area (Å²) in [6, 6.07) is 9.27. The first kappa shape index (κ1) is 16.7. The standard InChI is InChI=1S/C11H16N2O4.C6H7N/c1-11(2)9(14)12(3-7-5-16-7)10(15)13(11)4-8-6-17-8;7-6-4-2-1-3-5-6/h7-8H,3-6H2,1-2H3;1-5H,7H2. The van der Waals surface area contributed by atoms with Gasteiger partial charge < -0.3 is 20.1 Å². The van der Waals surface area contributed by atoms with Gasteiger partial charge in [0.15, 0.2) is 0 Å². The lowest BCUT2D eigenvalue weighted by Gasteiger charge is -2.26. The topological polar surface area (TPSA) is 91.7 Å². The van der Waals surface area contributed by atoms with Crippen molar-refractivity contribution in [2.45, 2.75) is 31.6 Å². The van der Waals surface area contributed by atoms with Gasteiger partial charge in [0.25, 0.3) is 5.91 Å². The second-order valence-electron chi connectivity index (χ2n) is 6.69. The third kappa shape index (κ3) is 3.68. The van der Waals surface area contributed by atoms with Crippen molar-refractivity contribution in [3.8, 4) is 0 Å². The molecule has 2 unspecified atom stereocenters. The van der Waals surface area contributed by atoms with Gasteiger partial charge in [-0.3, -0.25) is 9.69 Å². The van der Waals surface area contributed by atoms with Crippen LogP contribution in [0.5, 0.6) is 0 Å². The van der Waals surface area contributed by atoms with Crippen LogP contribution in [-0.4, -0.2) is 65.8 Å². The number of benzene rings is 1. The molecule has 7 heteroatoms. The Kier molecular flexibility index (Phi) is 4.47. The minimum atomic E-state index is -0.766. The number of para-hydroxylation sites is 1. The molecule has 1 aromatic rings. The van der Waals surface area contributed by atoms with E-state index in [0.717, 1.165) is 5.69 Å². The number of ether oxygens (including phenoxy) is 2. The number of amides is 3. The van der Waals surface area contributed by atoms with Gasteiger partial charge in [0.2, 0.25) is 0 Å². The zero-order chi connectivity index (χ0) is 17.3. The van der Waals surface area contributed by atoms with E-state index in [1.165, 1.54) is 4.90 Å². The van der Waals surface area contributed by atoms with Gasteiger partial charge in [-0.1, -0.05) is 18.2 Å². The molecule has 3 amide bonds. The first-order valence-electron chi connectivity index (χ1n) is 8.07. The van der Waals surface area contributed by atoms with Crippen LogP contribution in [0.3, 0.4) is 0 Å². The van der Waals surface area contributed by atoms with Gasteiger partial charge in [0.05, 0.1) is 38.5 Å². The lowest BCUT2D eigenvalue weighted by atomic mass is 10.0. The predicted molar refractivity (Wildman–Crippen MR) is 88.2 cm³/mol. The van der Waals surface area contributed by atoms with Crippen molar-refractivity contribution in [2.75, 3.05) is 32.0 Å². The fraction of sp³-hybridized carbons (Fsp3) is 0.529. The van der Waals surface area contributed by atoms with E-state index < -0.39 is 5.54 Å². The molecule has 3 aliphatic rings. The summed E-state index contributed by atoms with van der Waals surface area (Å²) in [7, 11) is 0. The smallest absolute Gasteiger partial charge is 0.327 e. The summed E-state index contributed by atoms with van der Waals surface area (Å²) < 4.78 is 10.2. The Balaban J connectivity index is 0.000000203. The molecule has 130 valence electrons. The molecule has 0 radical (unpaired) electrons. The van der Waals surface area contributed by atoms with Crippen molar-refractivity contribution in [1.82, 2.24) is 9.80 Å². The lowest BCUT2D eigenvalue weighted by molar-refractivity contribution is -0.132. The quantitative estimate of drug-likeness (QED) is 0.506. The molecule has 0 bridgehead atoms. The van der Waals surface area contributed by atoms with Crippen LogP contribution in [0.4, 0.5) is 10.5 Å². The number of rotatable bonds is 4. The van der Waals surface area contributed by atoms with Crippen LogP contribution < -0.4 is 5.73 Å². The number of hydrogen-bond acceptors (Lipinski definition) is 5. The summed E-state index contributed by atoms with van der Waals surface area (Å²) in [6.45, 7) is 5.76. The predicted octanol–water partition coefficient (Wildman–Crippen LogP) is 1.10. The highest BCUT2D eigenvalue weighted by Crippen LogP contribution is 2.30. The highest BCUT2D eigenvalue weighted by atomic mass is 16.6. The Bertz CT molecular complexity index is 612. The summed E-state index contributed by atoms with van der Waals surface area (Å²) in [4.78, 5) is 27.3. The minimum Gasteiger partial charge on any atom is -0.399 e. The van der Waals surface area contributed by atoms with Crippen molar-refractivity contribution in [3.63, 3.8) is 0 Å². The van der Waals surface area contributed by atoms with E-state index in [-0.39, 0.29) is 24.1 Å². The van der Waals surface area contributed by atoms with E-state index in [4.69, 9.17) is 15.2 Å². The molecule has 0 spiro atoms. The molecule has 3 saturated heterocycles. The molecule has 3 heterocycles. The average molecular weight is 333 g/mol. The second-order valence-corrected chi connectivity index (χ2v) is 6.69. The number of nitrogens with two attached hydrogens (primary N) is 1. The van der Waals surface area contributed by atoms with E-state index in [1.807, 2.05) is 30.3 Å². The highest BCUT2D eigenvalue weighted by Gasteiger charge is 2.53. The molecule has 2 atom stereocenters. The van der Waals surface area contributed by atoms with Gasteiger partial charge in [-0.25, -0.2) is 4.79 Å². The average Bonchev–Trinajstić information content (AvgIpc) is 3.45. The van der Waals surface area contributed by atoms with Gasteiger partial charge in [-0.15, -0.1) is 0 Å².